The Kier molecular flexibility index (Phi) is 11.9. The fourth-order valence-corrected chi connectivity index (χ4v) is 10.8. The van der Waals surface area contributed by atoms with Gasteiger partial charge in [0, 0.05) is 73.9 Å². The van der Waals surface area contributed by atoms with E-state index in [4.69, 9.17) is 12.8 Å². The first kappa shape index (κ1) is 45.5. The Bertz CT molecular complexity index is 3110. The summed E-state index contributed by atoms with van der Waals surface area (Å²) in [5.41, 5.74) is 3.53. The summed E-state index contributed by atoms with van der Waals surface area (Å²) in [6.07, 6.45) is 14.0. The van der Waals surface area contributed by atoms with Crippen molar-refractivity contribution in [3.63, 3.8) is 0 Å². The van der Waals surface area contributed by atoms with Gasteiger partial charge in [-0.15, -0.1) is 12.8 Å². The molecule has 0 radical (unpaired) electrons. The number of pyridine rings is 2. The molecule has 2 aliphatic heterocycles. The average molecular weight is 913 g/mol. The van der Waals surface area contributed by atoms with Gasteiger partial charge in [0.25, 0.3) is 24.0 Å². The van der Waals surface area contributed by atoms with Crippen molar-refractivity contribution in [3.8, 4) is 24.7 Å². The average Bonchev–Trinajstić information content (AvgIpc) is 3.22. The van der Waals surface area contributed by atoms with Crippen LogP contribution in [0.3, 0.4) is 0 Å². The van der Waals surface area contributed by atoms with E-state index in [9.17, 15) is 27.2 Å². The molecule has 4 aliphatic rings. The lowest BCUT2D eigenvalue weighted by Gasteiger charge is -2.58. The molecule has 6 aromatic rings. The van der Waals surface area contributed by atoms with Gasteiger partial charge in [-0.3, -0.25) is 9.59 Å². The van der Waals surface area contributed by atoms with Crippen molar-refractivity contribution in [2.24, 2.45) is 10.8 Å². The quantitative estimate of drug-likeness (QED) is 0.0908. The number of rotatable bonds is 10. The third-order valence-corrected chi connectivity index (χ3v) is 14.2. The van der Waals surface area contributed by atoms with Crippen LogP contribution in [0.2, 0.25) is 0 Å². The van der Waals surface area contributed by atoms with E-state index in [0.717, 1.165) is 51.9 Å². The molecule has 0 bridgehead atoms. The molecular weight excluding hydrogens is 861 g/mol. The molecule has 2 aliphatic carbocycles. The number of halogens is 4. The number of hydrogen-bond acceptors (Lipinski definition) is 10. The van der Waals surface area contributed by atoms with E-state index in [0.29, 0.717) is 78.2 Å². The first-order valence-corrected chi connectivity index (χ1v) is 22.4. The maximum atomic E-state index is 13.4. The Morgan fingerprint density at radius 2 is 1.06 bits per heavy atom. The highest BCUT2D eigenvalue weighted by atomic mass is 19.3. The number of nitrogens with one attached hydrogen (secondary N) is 3. The summed E-state index contributed by atoms with van der Waals surface area (Å²) >= 11 is 0. The number of benzene rings is 2. The Morgan fingerprint density at radius 1 is 0.657 bits per heavy atom. The van der Waals surface area contributed by atoms with Crippen LogP contribution >= 0.6 is 0 Å². The second kappa shape index (κ2) is 17.6. The molecule has 2 aromatic carbocycles. The molecule has 2 atom stereocenters. The van der Waals surface area contributed by atoms with Crippen molar-refractivity contribution < 1.29 is 17.6 Å². The number of fused-ring (bicyclic) bond motifs is 2. The molecule has 6 heterocycles. The molecule has 4 fully saturated rings. The number of alkyl halides is 4. The van der Waals surface area contributed by atoms with Crippen LogP contribution in [0.5, 0.6) is 0 Å². The summed E-state index contributed by atoms with van der Waals surface area (Å²) < 4.78 is 57.3. The smallest absolute Gasteiger partial charge is 0.264 e. The summed E-state index contributed by atoms with van der Waals surface area (Å²) in [7, 11) is 2.11. The van der Waals surface area contributed by atoms with Gasteiger partial charge in [-0.2, -0.15) is 0 Å². The largest absolute Gasteiger partial charge is 0.352 e. The number of nitrogens with zero attached hydrogens (tertiary/aromatic N) is 7. The number of likely N-dealkylation sites (tertiary alicyclic amines) is 1. The summed E-state index contributed by atoms with van der Waals surface area (Å²) in [6, 6.07) is 11.5. The van der Waals surface area contributed by atoms with Gasteiger partial charge in [0.15, 0.2) is 0 Å². The molecular formula is C51H52F4N10O2. The molecule has 12 nitrogen and oxygen atoms in total. The zero-order valence-corrected chi connectivity index (χ0v) is 38.0. The molecule has 0 unspecified atom stereocenters. The number of aryl methyl sites for hydroxylation is 2. The molecule has 10 rings (SSSR count). The maximum absolute atomic E-state index is 13.4. The van der Waals surface area contributed by atoms with Gasteiger partial charge in [-0.1, -0.05) is 48.2 Å². The van der Waals surface area contributed by atoms with Crippen LogP contribution in [0.1, 0.15) is 108 Å². The second-order valence-electron chi connectivity index (χ2n) is 19.0. The van der Waals surface area contributed by atoms with Crippen molar-refractivity contribution in [2.75, 3.05) is 43.9 Å². The monoisotopic (exact) mass is 912 g/mol. The Labute approximate surface area is 385 Å². The highest BCUT2D eigenvalue weighted by Gasteiger charge is 2.52. The van der Waals surface area contributed by atoms with Crippen LogP contribution in [-0.2, 0) is 0 Å². The number of terminal acetylenes is 2. The lowest BCUT2D eigenvalue weighted by Crippen LogP contribution is -2.61. The molecule has 2 spiro atoms. The maximum Gasteiger partial charge on any atom is 0.264 e. The van der Waals surface area contributed by atoms with Gasteiger partial charge >= 0.3 is 0 Å². The van der Waals surface area contributed by atoms with Crippen LogP contribution in [0.25, 0.3) is 21.8 Å². The van der Waals surface area contributed by atoms with Crippen LogP contribution in [0.4, 0.5) is 29.2 Å². The van der Waals surface area contributed by atoms with Gasteiger partial charge in [0.2, 0.25) is 0 Å². The van der Waals surface area contributed by atoms with E-state index in [1.54, 1.807) is 73.4 Å². The van der Waals surface area contributed by atoms with E-state index in [1.165, 1.54) is 18.2 Å². The molecule has 4 aromatic heterocycles. The fourth-order valence-electron chi connectivity index (χ4n) is 10.8. The van der Waals surface area contributed by atoms with Crippen molar-refractivity contribution >= 4 is 33.4 Å². The molecule has 346 valence electrons. The van der Waals surface area contributed by atoms with Gasteiger partial charge in [0.05, 0.1) is 21.8 Å². The summed E-state index contributed by atoms with van der Waals surface area (Å²) in [6.45, 7) is 10.9. The van der Waals surface area contributed by atoms with Crippen LogP contribution in [0, 0.1) is 63.2 Å². The molecule has 67 heavy (non-hydrogen) atoms. The van der Waals surface area contributed by atoms with Crippen molar-refractivity contribution in [3.05, 3.63) is 127 Å². The van der Waals surface area contributed by atoms with E-state index < -0.39 is 24.9 Å². The zero-order chi connectivity index (χ0) is 47.5. The number of hydrogen-bond donors (Lipinski definition) is 3. The normalized spacial score (nSPS) is 19.1. The molecule has 2 saturated heterocycles. The number of aromatic nitrogens is 6. The van der Waals surface area contributed by atoms with Crippen LogP contribution in [-0.4, -0.2) is 67.2 Å². The summed E-state index contributed by atoms with van der Waals surface area (Å²) in [5, 5.41) is 11.2. The summed E-state index contributed by atoms with van der Waals surface area (Å²) in [5.74, 6) is 7.27. The predicted molar refractivity (Wildman–Crippen MR) is 252 cm³/mol. The second-order valence-corrected chi connectivity index (χ2v) is 19.0. The minimum absolute atomic E-state index is 0.0438. The summed E-state index contributed by atoms with van der Waals surface area (Å²) in [4.78, 5) is 46.0. The van der Waals surface area contributed by atoms with Crippen LogP contribution < -0.4 is 27.1 Å². The Hall–Kier alpha value is -6.62. The highest BCUT2D eigenvalue weighted by molar-refractivity contribution is 5.89. The van der Waals surface area contributed by atoms with Gasteiger partial charge in [-0.05, 0) is 93.5 Å². The first-order valence-electron chi connectivity index (χ1n) is 22.4. The van der Waals surface area contributed by atoms with Gasteiger partial charge < -0.3 is 30.0 Å². The van der Waals surface area contributed by atoms with E-state index in [2.05, 4.69) is 59.7 Å². The van der Waals surface area contributed by atoms with Gasteiger partial charge in [0.1, 0.15) is 35.4 Å². The third kappa shape index (κ3) is 8.53. The first-order chi connectivity index (χ1) is 32.0. The SMILES string of the molecule is C#C[C@@H](Nc1nc(C)nc2cc(=O)n(C3CC4(C3)CN(C)C4)cc12)c1cccc(C(F)F)c1C.C#C[C@@H](Nc1nc(C)nc2cc(=O)n(C3CC4(CNC4)C3)cc12)c1cccc(C(F)F)c1C. The lowest BCUT2D eigenvalue weighted by atomic mass is 9.61. The van der Waals surface area contributed by atoms with E-state index in [1.807, 2.05) is 6.20 Å². The fraction of sp³-hybridized carbons (Fsp3) is 0.412. The predicted octanol–water partition coefficient (Wildman–Crippen LogP) is 8.46. The zero-order valence-electron chi connectivity index (χ0n) is 38.0. The molecule has 0 amide bonds. The minimum Gasteiger partial charge on any atom is -0.352 e. The molecule has 16 heteroatoms. The van der Waals surface area contributed by atoms with E-state index in [-0.39, 0.29) is 34.3 Å². The minimum atomic E-state index is -2.59. The van der Waals surface area contributed by atoms with Crippen LogP contribution in [0.15, 0.2) is 70.5 Å². The van der Waals surface area contributed by atoms with Gasteiger partial charge in [-0.25, -0.2) is 37.5 Å². The highest BCUT2D eigenvalue weighted by Crippen LogP contribution is 2.53. The van der Waals surface area contributed by atoms with Crippen molar-refractivity contribution in [1.29, 1.82) is 0 Å². The van der Waals surface area contributed by atoms with Crippen molar-refractivity contribution in [1.82, 2.24) is 39.3 Å². The molecule has 3 N–H and O–H groups in total. The Balaban J connectivity index is 0.000000168. The standard InChI is InChI=1S/C26H27F2N5O.C25H25F2N5O/c1-5-21(18-7-6-8-19(15(18)2)24(27)28)31-25-20-12-33(17-10-26(11-17)13-32(4)14-26)23(34)9-22(20)29-16(3)30-25;1-4-20(17-6-5-7-18(14(17)2)23(26)27)31-24-19-11-32(16-9-25(10-16)12-28-13-25)22(33)8-21(19)29-15(3)30-24/h1,6-9,12,17,21,24H,10-11,13-14H2,2-4H3,(H,29,30,31);1,5-8,11,16,20,23,28H,9-10,12-13H2,2-3H3,(H,29,30,31)/t21-;20-/m11/s1. The number of anilines is 2. The molecule has 2 saturated carbocycles. The lowest BCUT2D eigenvalue weighted by molar-refractivity contribution is -0.0764. The Morgan fingerprint density at radius 3 is 1.42 bits per heavy atom. The van der Waals surface area contributed by atoms with E-state index >= 15 is 0 Å². The topological polar surface area (TPSA) is 135 Å². The third-order valence-electron chi connectivity index (χ3n) is 14.2. The van der Waals surface area contributed by atoms with Crippen molar-refractivity contribution in [2.45, 2.75) is 90.4 Å².